The number of morpholine rings is 1. The van der Waals surface area contributed by atoms with Crippen LogP contribution in [0.1, 0.15) is 19.0 Å². The molecule has 1 fully saturated rings. The van der Waals surface area contributed by atoms with Crippen molar-refractivity contribution in [1.82, 2.24) is 15.2 Å². The zero-order chi connectivity index (χ0) is 12.6. The standard InChI is InChI=1S/C14H23N3O/c1-2-17(12-13-5-3-4-7-16-13)9-6-14-11-15-8-10-18-14/h3-5,7,14-15H,2,6,8-12H2,1H3. The molecule has 1 unspecified atom stereocenters. The largest absolute Gasteiger partial charge is 0.376 e. The first-order valence-electron chi connectivity index (χ1n) is 6.83. The van der Waals surface area contributed by atoms with Crippen LogP contribution >= 0.6 is 0 Å². The first kappa shape index (κ1) is 13.5. The molecule has 0 bridgehead atoms. The second-order valence-corrected chi connectivity index (χ2v) is 4.68. The van der Waals surface area contributed by atoms with Crippen LogP contribution in [-0.4, -0.2) is 48.8 Å². The van der Waals surface area contributed by atoms with Gasteiger partial charge in [-0.05, 0) is 25.1 Å². The van der Waals surface area contributed by atoms with Crippen molar-refractivity contribution in [1.29, 1.82) is 0 Å². The number of pyridine rings is 1. The zero-order valence-electron chi connectivity index (χ0n) is 11.1. The van der Waals surface area contributed by atoms with Gasteiger partial charge in [-0.15, -0.1) is 0 Å². The van der Waals surface area contributed by atoms with E-state index in [2.05, 4.69) is 28.2 Å². The SMILES string of the molecule is CCN(CCC1CNCCO1)Cc1ccccn1. The topological polar surface area (TPSA) is 37.4 Å². The molecule has 4 nitrogen and oxygen atoms in total. The van der Waals surface area contributed by atoms with Crippen molar-refractivity contribution in [2.75, 3.05) is 32.8 Å². The van der Waals surface area contributed by atoms with Crippen LogP contribution in [0.15, 0.2) is 24.4 Å². The lowest BCUT2D eigenvalue weighted by atomic mass is 10.2. The van der Waals surface area contributed by atoms with Crippen molar-refractivity contribution >= 4 is 0 Å². The summed E-state index contributed by atoms with van der Waals surface area (Å²) in [5.41, 5.74) is 1.14. The molecule has 18 heavy (non-hydrogen) atoms. The Morgan fingerprint density at radius 3 is 3.11 bits per heavy atom. The lowest BCUT2D eigenvalue weighted by Crippen LogP contribution is -2.40. The van der Waals surface area contributed by atoms with Crippen LogP contribution in [0.4, 0.5) is 0 Å². The summed E-state index contributed by atoms with van der Waals surface area (Å²) in [5.74, 6) is 0. The van der Waals surface area contributed by atoms with Gasteiger partial charge in [0.1, 0.15) is 0 Å². The molecule has 4 heteroatoms. The predicted molar refractivity (Wildman–Crippen MR) is 72.4 cm³/mol. The Balaban J connectivity index is 1.75. The summed E-state index contributed by atoms with van der Waals surface area (Å²) in [6, 6.07) is 6.09. The first-order valence-corrected chi connectivity index (χ1v) is 6.83. The minimum Gasteiger partial charge on any atom is -0.376 e. The van der Waals surface area contributed by atoms with Gasteiger partial charge in [0.2, 0.25) is 0 Å². The summed E-state index contributed by atoms with van der Waals surface area (Å²) in [7, 11) is 0. The maximum atomic E-state index is 5.72. The van der Waals surface area contributed by atoms with Gasteiger partial charge >= 0.3 is 0 Å². The fraction of sp³-hybridized carbons (Fsp3) is 0.643. The normalized spacial score (nSPS) is 20.2. The minimum absolute atomic E-state index is 0.372. The van der Waals surface area contributed by atoms with Crippen LogP contribution in [0.25, 0.3) is 0 Å². The van der Waals surface area contributed by atoms with Gasteiger partial charge in [0.25, 0.3) is 0 Å². The lowest BCUT2D eigenvalue weighted by molar-refractivity contribution is 0.0171. The number of nitrogens with zero attached hydrogens (tertiary/aromatic N) is 2. The number of ether oxygens (including phenoxy) is 1. The minimum atomic E-state index is 0.372. The van der Waals surface area contributed by atoms with Crippen LogP contribution in [0, 0.1) is 0 Å². The highest BCUT2D eigenvalue weighted by Crippen LogP contribution is 2.06. The summed E-state index contributed by atoms with van der Waals surface area (Å²) in [5, 5.41) is 3.37. The Bertz CT molecular complexity index is 325. The van der Waals surface area contributed by atoms with E-state index in [1.165, 1.54) is 0 Å². The molecule has 0 amide bonds. The molecule has 1 saturated heterocycles. The third-order valence-corrected chi connectivity index (χ3v) is 3.33. The smallest absolute Gasteiger partial charge is 0.0712 e. The fourth-order valence-corrected chi connectivity index (χ4v) is 2.20. The third-order valence-electron chi connectivity index (χ3n) is 3.33. The van der Waals surface area contributed by atoms with Crippen LogP contribution in [0.3, 0.4) is 0 Å². The van der Waals surface area contributed by atoms with Crippen molar-refractivity contribution in [3.63, 3.8) is 0 Å². The van der Waals surface area contributed by atoms with E-state index >= 15 is 0 Å². The Hall–Kier alpha value is -0.970. The highest BCUT2D eigenvalue weighted by Gasteiger charge is 2.14. The highest BCUT2D eigenvalue weighted by atomic mass is 16.5. The molecule has 0 spiro atoms. The molecule has 1 N–H and O–H groups in total. The van der Waals surface area contributed by atoms with E-state index in [1.54, 1.807) is 0 Å². The molecule has 100 valence electrons. The molecule has 0 radical (unpaired) electrons. The van der Waals surface area contributed by atoms with E-state index < -0.39 is 0 Å². The quantitative estimate of drug-likeness (QED) is 0.824. The number of hydrogen-bond donors (Lipinski definition) is 1. The van der Waals surface area contributed by atoms with Gasteiger partial charge < -0.3 is 10.1 Å². The van der Waals surface area contributed by atoms with Crippen LogP contribution in [0.2, 0.25) is 0 Å². The van der Waals surface area contributed by atoms with E-state index in [1.807, 2.05) is 18.3 Å². The van der Waals surface area contributed by atoms with E-state index in [9.17, 15) is 0 Å². The second kappa shape index (κ2) is 7.46. The van der Waals surface area contributed by atoms with Crippen molar-refractivity contribution in [3.8, 4) is 0 Å². The molecular weight excluding hydrogens is 226 g/mol. The van der Waals surface area contributed by atoms with Crippen LogP contribution in [-0.2, 0) is 11.3 Å². The maximum Gasteiger partial charge on any atom is 0.0712 e. The third kappa shape index (κ3) is 4.37. The first-order chi connectivity index (χ1) is 8.88. The van der Waals surface area contributed by atoms with Crippen LogP contribution in [0.5, 0.6) is 0 Å². The molecule has 2 rings (SSSR count). The van der Waals surface area contributed by atoms with Crippen LogP contribution < -0.4 is 5.32 Å². The monoisotopic (exact) mass is 249 g/mol. The highest BCUT2D eigenvalue weighted by molar-refractivity contribution is 5.03. The van der Waals surface area contributed by atoms with Gasteiger partial charge in [0.15, 0.2) is 0 Å². The maximum absolute atomic E-state index is 5.72. The van der Waals surface area contributed by atoms with E-state index in [0.29, 0.717) is 6.10 Å². The van der Waals surface area contributed by atoms with Crippen molar-refractivity contribution in [3.05, 3.63) is 30.1 Å². The Labute approximate surface area is 109 Å². The van der Waals surface area contributed by atoms with E-state index in [0.717, 1.165) is 51.4 Å². The number of aromatic nitrogens is 1. The summed E-state index contributed by atoms with van der Waals surface area (Å²) in [4.78, 5) is 6.79. The Morgan fingerprint density at radius 2 is 2.44 bits per heavy atom. The number of hydrogen-bond acceptors (Lipinski definition) is 4. The molecular formula is C14H23N3O. The van der Waals surface area contributed by atoms with Gasteiger partial charge in [0, 0.05) is 32.4 Å². The van der Waals surface area contributed by atoms with E-state index in [4.69, 9.17) is 4.74 Å². The molecule has 1 aromatic rings. The average Bonchev–Trinajstić information content (AvgIpc) is 2.45. The second-order valence-electron chi connectivity index (χ2n) is 4.68. The molecule has 1 aliphatic heterocycles. The fourth-order valence-electron chi connectivity index (χ4n) is 2.20. The lowest BCUT2D eigenvalue weighted by Gasteiger charge is -2.27. The number of rotatable bonds is 6. The number of nitrogens with one attached hydrogen (secondary N) is 1. The van der Waals surface area contributed by atoms with Crippen molar-refractivity contribution < 1.29 is 4.74 Å². The van der Waals surface area contributed by atoms with Crippen molar-refractivity contribution in [2.24, 2.45) is 0 Å². The van der Waals surface area contributed by atoms with Gasteiger partial charge in [-0.3, -0.25) is 9.88 Å². The molecule has 0 aliphatic carbocycles. The summed E-state index contributed by atoms with van der Waals surface area (Å²) in [6.07, 6.45) is 3.32. The summed E-state index contributed by atoms with van der Waals surface area (Å²) in [6.45, 7) is 8.07. The van der Waals surface area contributed by atoms with Gasteiger partial charge in [0.05, 0.1) is 18.4 Å². The summed E-state index contributed by atoms with van der Waals surface area (Å²) < 4.78 is 5.72. The molecule has 1 atom stereocenters. The molecule has 2 heterocycles. The predicted octanol–water partition coefficient (Wildman–Crippen LogP) is 1.28. The Morgan fingerprint density at radius 1 is 1.50 bits per heavy atom. The van der Waals surface area contributed by atoms with Crippen molar-refractivity contribution in [2.45, 2.75) is 26.0 Å². The molecule has 1 aromatic heterocycles. The van der Waals surface area contributed by atoms with E-state index in [-0.39, 0.29) is 0 Å². The average molecular weight is 249 g/mol. The zero-order valence-corrected chi connectivity index (χ0v) is 11.1. The van der Waals surface area contributed by atoms with Gasteiger partial charge in [-0.2, -0.15) is 0 Å². The van der Waals surface area contributed by atoms with Gasteiger partial charge in [-0.25, -0.2) is 0 Å². The Kier molecular flexibility index (Phi) is 5.58. The molecule has 1 aliphatic rings. The molecule has 0 aromatic carbocycles. The van der Waals surface area contributed by atoms with Gasteiger partial charge in [-0.1, -0.05) is 13.0 Å². The molecule has 0 saturated carbocycles. The summed E-state index contributed by atoms with van der Waals surface area (Å²) >= 11 is 0.